The average molecular weight is 369 g/mol. The molecule has 2 aromatic carbocycles. The smallest absolute Gasteiger partial charge is 0.159 e. The average Bonchev–Trinajstić information content (AvgIpc) is 3.29. The second-order valence-corrected chi connectivity index (χ2v) is 7.07. The van der Waals surface area contributed by atoms with Crippen LogP contribution in [0, 0.1) is 11.6 Å². The van der Waals surface area contributed by atoms with Crippen LogP contribution >= 0.6 is 0 Å². The Morgan fingerprint density at radius 2 is 2.00 bits per heavy atom. The lowest BCUT2D eigenvalue weighted by Crippen LogP contribution is -2.17. The summed E-state index contributed by atoms with van der Waals surface area (Å²) >= 11 is 0. The number of nitrogens with zero attached hydrogens (tertiary/aromatic N) is 4. The van der Waals surface area contributed by atoms with Gasteiger partial charge in [-0.2, -0.15) is 0 Å². The fourth-order valence-corrected chi connectivity index (χ4v) is 3.19. The molecule has 1 heterocycles. The van der Waals surface area contributed by atoms with Crippen LogP contribution < -0.4 is 10.2 Å². The summed E-state index contributed by atoms with van der Waals surface area (Å²) < 4.78 is 28.2. The van der Waals surface area contributed by atoms with Crippen LogP contribution in [0.4, 0.5) is 14.5 Å². The van der Waals surface area contributed by atoms with Crippen molar-refractivity contribution >= 4 is 5.69 Å². The van der Waals surface area contributed by atoms with Crippen LogP contribution in [-0.2, 0) is 6.54 Å². The summed E-state index contributed by atoms with van der Waals surface area (Å²) in [7, 11) is 3.99. The SMILES string of the molecule is CN(C)c1cccc(-n2cc(CN[C@@H]3C[C@H]3c3ccc(F)c(F)c3)nn2)c1. The molecule has 0 unspecified atom stereocenters. The van der Waals surface area contributed by atoms with Crippen LogP contribution in [0.2, 0.25) is 0 Å². The maximum absolute atomic E-state index is 13.4. The third-order valence-corrected chi connectivity index (χ3v) is 4.86. The Hall–Kier alpha value is -2.80. The molecule has 27 heavy (non-hydrogen) atoms. The lowest BCUT2D eigenvalue weighted by molar-refractivity contribution is 0.506. The highest BCUT2D eigenvalue weighted by Gasteiger charge is 2.38. The van der Waals surface area contributed by atoms with E-state index in [2.05, 4.69) is 15.6 Å². The largest absolute Gasteiger partial charge is 0.378 e. The number of halogens is 2. The van der Waals surface area contributed by atoms with Crippen molar-refractivity contribution in [1.29, 1.82) is 0 Å². The van der Waals surface area contributed by atoms with Crippen LogP contribution in [0.1, 0.15) is 23.6 Å². The van der Waals surface area contributed by atoms with Crippen LogP contribution in [0.15, 0.2) is 48.7 Å². The number of benzene rings is 2. The number of nitrogens with one attached hydrogen (secondary N) is 1. The molecule has 1 saturated carbocycles. The zero-order valence-corrected chi connectivity index (χ0v) is 15.2. The molecule has 0 bridgehead atoms. The van der Waals surface area contributed by atoms with Gasteiger partial charge in [0, 0.05) is 38.3 Å². The highest BCUT2D eigenvalue weighted by Crippen LogP contribution is 2.41. The molecule has 1 fully saturated rings. The molecule has 7 heteroatoms. The molecule has 0 saturated heterocycles. The summed E-state index contributed by atoms with van der Waals surface area (Å²) in [5.74, 6) is -1.38. The number of hydrogen-bond donors (Lipinski definition) is 1. The third kappa shape index (κ3) is 3.83. The Morgan fingerprint density at radius 3 is 2.78 bits per heavy atom. The summed E-state index contributed by atoms with van der Waals surface area (Å²) in [5, 5.41) is 11.8. The molecule has 1 aromatic heterocycles. The standard InChI is InChI=1S/C20H21F2N5/c1-26(2)15-4-3-5-16(9-15)27-12-14(24-25-27)11-23-20-10-17(20)13-6-7-18(21)19(22)8-13/h3-9,12,17,20,23H,10-11H2,1-2H3/t17-,20+/m0/s1. The third-order valence-electron chi connectivity index (χ3n) is 4.86. The molecule has 3 aromatic rings. The highest BCUT2D eigenvalue weighted by atomic mass is 19.2. The molecule has 0 amide bonds. The summed E-state index contributed by atoms with van der Waals surface area (Å²) in [6, 6.07) is 12.4. The zero-order valence-electron chi connectivity index (χ0n) is 15.2. The van der Waals surface area contributed by atoms with Gasteiger partial charge in [-0.15, -0.1) is 5.10 Å². The van der Waals surface area contributed by atoms with Gasteiger partial charge in [-0.25, -0.2) is 13.5 Å². The fourth-order valence-electron chi connectivity index (χ4n) is 3.19. The van der Waals surface area contributed by atoms with Gasteiger partial charge < -0.3 is 10.2 Å². The maximum atomic E-state index is 13.4. The van der Waals surface area contributed by atoms with Crippen LogP contribution in [-0.4, -0.2) is 35.1 Å². The van der Waals surface area contributed by atoms with Gasteiger partial charge in [-0.05, 0) is 42.3 Å². The molecular weight excluding hydrogens is 348 g/mol. The Balaban J connectivity index is 1.37. The van der Waals surface area contributed by atoms with E-state index in [1.54, 1.807) is 10.7 Å². The van der Waals surface area contributed by atoms with Crippen molar-refractivity contribution in [2.45, 2.75) is 24.9 Å². The van der Waals surface area contributed by atoms with Gasteiger partial charge in [0.05, 0.1) is 17.6 Å². The first-order valence-corrected chi connectivity index (χ1v) is 8.88. The minimum Gasteiger partial charge on any atom is -0.378 e. The van der Waals surface area contributed by atoms with E-state index in [0.29, 0.717) is 6.54 Å². The van der Waals surface area contributed by atoms with Gasteiger partial charge in [0.15, 0.2) is 11.6 Å². The van der Waals surface area contributed by atoms with E-state index < -0.39 is 11.6 Å². The van der Waals surface area contributed by atoms with Gasteiger partial charge in [-0.1, -0.05) is 17.3 Å². The second-order valence-electron chi connectivity index (χ2n) is 7.07. The van der Waals surface area contributed by atoms with E-state index in [9.17, 15) is 8.78 Å². The van der Waals surface area contributed by atoms with Crippen LogP contribution in [0.25, 0.3) is 5.69 Å². The van der Waals surface area contributed by atoms with Gasteiger partial charge in [-0.3, -0.25) is 0 Å². The van der Waals surface area contributed by atoms with E-state index in [1.807, 2.05) is 49.5 Å². The lowest BCUT2D eigenvalue weighted by atomic mass is 10.1. The van der Waals surface area contributed by atoms with E-state index in [0.717, 1.165) is 29.1 Å². The van der Waals surface area contributed by atoms with E-state index in [-0.39, 0.29) is 12.0 Å². The summed E-state index contributed by atoms with van der Waals surface area (Å²) in [6.07, 6.45) is 2.81. The van der Waals surface area contributed by atoms with Crippen LogP contribution in [0.3, 0.4) is 0 Å². The van der Waals surface area contributed by atoms with Crippen molar-refractivity contribution in [3.05, 3.63) is 71.6 Å². The lowest BCUT2D eigenvalue weighted by Gasteiger charge is -2.13. The first-order chi connectivity index (χ1) is 13.0. The quantitative estimate of drug-likeness (QED) is 0.725. The first kappa shape index (κ1) is 17.6. The first-order valence-electron chi connectivity index (χ1n) is 8.88. The highest BCUT2D eigenvalue weighted by molar-refractivity contribution is 5.51. The number of hydrogen-bond acceptors (Lipinski definition) is 4. The Kier molecular flexibility index (Phi) is 4.61. The molecule has 4 rings (SSSR count). The molecule has 140 valence electrons. The Morgan fingerprint density at radius 1 is 1.15 bits per heavy atom. The molecule has 1 aliphatic rings. The molecule has 0 spiro atoms. The van der Waals surface area contributed by atoms with Gasteiger partial charge in [0.2, 0.25) is 0 Å². The molecule has 0 aliphatic heterocycles. The van der Waals surface area contributed by atoms with Crippen molar-refractivity contribution in [3.8, 4) is 5.69 Å². The molecule has 5 nitrogen and oxygen atoms in total. The maximum Gasteiger partial charge on any atom is 0.159 e. The van der Waals surface area contributed by atoms with Crippen molar-refractivity contribution in [2.75, 3.05) is 19.0 Å². The monoisotopic (exact) mass is 369 g/mol. The van der Waals surface area contributed by atoms with E-state index in [1.165, 1.54) is 12.1 Å². The minimum absolute atomic E-state index is 0.215. The molecule has 1 aliphatic carbocycles. The summed E-state index contributed by atoms with van der Waals surface area (Å²) in [6.45, 7) is 0.582. The van der Waals surface area contributed by atoms with Crippen molar-refractivity contribution in [2.24, 2.45) is 0 Å². The van der Waals surface area contributed by atoms with Crippen molar-refractivity contribution < 1.29 is 8.78 Å². The number of rotatable bonds is 6. The zero-order chi connectivity index (χ0) is 19.0. The van der Waals surface area contributed by atoms with Gasteiger partial charge in [0.25, 0.3) is 0 Å². The van der Waals surface area contributed by atoms with Gasteiger partial charge in [0.1, 0.15) is 0 Å². The normalized spacial score (nSPS) is 18.5. The van der Waals surface area contributed by atoms with Gasteiger partial charge >= 0.3 is 0 Å². The van der Waals surface area contributed by atoms with Crippen molar-refractivity contribution in [3.63, 3.8) is 0 Å². The minimum atomic E-state index is -0.807. The number of aromatic nitrogens is 3. The van der Waals surface area contributed by atoms with Crippen molar-refractivity contribution in [1.82, 2.24) is 20.3 Å². The predicted octanol–water partition coefficient (Wildman–Crippen LogP) is 3.26. The second kappa shape index (κ2) is 7.08. The van der Waals surface area contributed by atoms with Crippen LogP contribution in [0.5, 0.6) is 0 Å². The number of anilines is 1. The fraction of sp³-hybridized carbons (Fsp3) is 0.300. The molecule has 1 N–H and O–H groups in total. The Bertz CT molecular complexity index is 953. The topological polar surface area (TPSA) is 46.0 Å². The molecule has 2 atom stereocenters. The Labute approximate surface area is 156 Å². The van der Waals surface area contributed by atoms with E-state index in [4.69, 9.17) is 0 Å². The summed E-state index contributed by atoms with van der Waals surface area (Å²) in [4.78, 5) is 2.04. The molecular formula is C20H21F2N5. The van der Waals surface area contributed by atoms with E-state index >= 15 is 0 Å². The molecule has 0 radical (unpaired) electrons. The summed E-state index contributed by atoms with van der Waals surface area (Å²) in [5.41, 5.74) is 3.71. The predicted molar refractivity (Wildman–Crippen MR) is 100 cm³/mol.